The van der Waals surface area contributed by atoms with Crippen LogP contribution >= 0.6 is 23.2 Å². The van der Waals surface area contributed by atoms with Crippen molar-refractivity contribution < 1.29 is 18.7 Å². The molecule has 0 atom stereocenters. The van der Waals surface area contributed by atoms with Gasteiger partial charge in [-0.2, -0.15) is 0 Å². The van der Waals surface area contributed by atoms with Crippen LogP contribution in [-0.2, 0) is 4.79 Å². The molecule has 3 rings (SSSR count). The van der Waals surface area contributed by atoms with Gasteiger partial charge >= 0.3 is 11.6 Å². The number of rotatable bonds is 3. The van der Waals surface area contributed by atoms with Crippen molar-refractivity contribution in [3.63, 3.8) is 0 Å². The van der Waals surface area contributed by atoms with Crippen LogP contribution < -0.4 is 15.7 Å². The lowest BCUT2D eigenvalue weighted by Crippen LogP contribution is -2.18. The molecule has 0 saturated heterocycles. The van der Waals surface area contributed by atoms with Crippen molar-refractivity contribution in [2.75, 3.05) is 5.32 Å². The molecular formula is C18H11Cl2NO5. The van der Waals surface area contributed by atoms with E-state index >= 15 is 0 Å². The first-order valence-electron chi connectivity index (χ1n) is 7.36. The van der Waals surface area contributed by atoms with Gasteiger partial charge < -0.3 is 14.5 Å². The maximum absolute atomic E-state index is 12.3. The Labute approximate surface area is 157 Å². The number of amides is 1. The quantitative estimate of drug-likeness (QED) is 0.409. The van der Waals surface area contributed by atoms with E-state index in [9.17, 15) is 14.4 Å². The van der Waals surface area contributed by atoms with Gasteiger partial charge in [-0.05, 0) is 36.4 Å². The maximum atomic E-state index is 12.3. The number of anilines is 1. The highest BCUT2D eigenvalue weighted by Gasteiger charge is 2.14. The van der Waals surface area contributed by atoms with Crippen LogP contribution in [0.1, 0.15) is 17.3 Å². The number of benzene rings is 2. The Kier molecular flexibility index (Phi) is 4.97. The Morgan fingerprint density at radius 2 is 1.85 bits per heavy atom. The molecule has 0 fully saturated rings. The molecule has 0 aliphatic carbocycles. The monoisotopic (exact) mass is 391 g/mol. The summed E-state index contributed by atoms with van der Waals surface area (Å²) in [6.07, 6.45) is 0. The Hall–Kier alpha value is -2.83. The third kappa shape index (κ3) is 3.87. The Morgan fingerprint density at radius 1 is 1.08 bits per heavy atom. The van der Waals surface area contributed by atoms with Gasteiger partial charge in [0.1, 0.15) is 17.0 Å². The highest BCUT2D eigenvalue weighted by Crippen LogP contribution is 2.24. The zero-order valence-electron chi connectivity index (χ0n) is 13.3. The molecule has 0 saturated carbocycles. The second kappa shape index (κ2) is 7.19. The maximum Gasteiger partial charge on any atom is 0.360 e. The number of carbonyl (C=O) groups excluding carboxylic acids is 2. The van der Waals surface area contributed by atoms with Gasteiger partial charge in [0.2, 0.25) is 0 Å². The fourth-order valence-corrected chi connectivity index (χ4v) is 2.77. The number of ether oxygens (including phenoxy) is 1. The smallest absolute Gasteiger partial charge is 0.360 e. The Bertz CT molecular complexity index is 1090. The van der Waals surface area contributed by atoms with Crippen LogP contribution in [0.5, 0.6) is 5.75 Å². The zero-order chi connectivity index (χ0) is 18.8. The molecule has 8 heteroatoms. The summed E-state index contributed by atoms with van der Waals surface area (Å²) in [5, 5.41) is 3.56. The molecule has 1 aromatic heterocycles. The third-order valence-corrected chi connectivity index (χ3v) is 3.94. The van der Waals surface area contributed by atoms with Crippen molar-refractivity contribution in [1.82, 2.24) is 0 Å². The molecule has 1 N–H and O–H groups in total. The number of carbonyl (C=O) groups is 2. The molecule has 6 nitrogen and oxygen atoms in total. The Morgan fingerprint density at radius 3 is 2.54 bits per heavy atom. The van der Waals surface area contributed by atoms with E-state index in [4.69, 9.17) is 32.4 Å². The summed E-state index contributed by atoms with van der Waals surface area (Å²) >= 11 is 11.8. The number of esters is 1. The summed E-state index contributed by atoms with van der Waals surface area (Å²) in [6.45, 7) is 1.26. The molecule has 0 bridgehead atoms. The van der Waals surface area contributed by atoms with Gasteiger partial charge in [0.25, 0.3) is 5.91 Å². The fourth-order valence-electron chi connectivity index (χ4n) is 2.27. The van der Waals surface area contributed by atoms with Gasteiger partial charge in [-0.3, -0.25) is 9.59 Å². The van der Waals surface area contributed by atoms with Gasteiger partial charge in [-0.25, -0.2) is 4.79 Å². The van der Waals surface area contributed by atoms with Crippen LogP contribution in [0, 0.1) is 0 Å². The molecular weight excluding hydrogens is 381 g/mol. The van der Waals surface area contributed by atoms with Crippen LogP contribution in [0.4, 0.5) is 5.69 Å². The highest BCUT2D eigenvalue weighted by molar-refractivity contribution is 6.37. The molecule has 26 heavy (non-hydrogen) atoms. The van der Waals surface area contributed by atoms with Crippen LogP contribution in [0.3, 0.4) is 0 Å². The van der Waals surface area contributed by atoms with Gasteiger partial charge in [-0.1, -0.05) is 23.2 Å². The molecule has 0 radical (unpaired) electrons. The second-order valence-electron chi connectivity index (χ2n) is 5.32. The van der Waals surface area contributed by atoms with Crippen molar-refractivity contribution >= 4 is 51.7 Å². The molecule has 1 amide bonds. The molecule has 1 heterocycles. The van der Waals surface area contributed by atoms with Gasteiger partial charge in [-0.15, -0.1) is 0 Å². The summed E-state index contributed by atoms with van der Waals surface area (Å²) in [5.41, 5.74) is -0.415. The average molecular weight is 392 g/mol. The number of hydrogen-bond donors (Lipinski definition) is 1. The van der Waals surface area contributed by atoms with E-state index in [2.05, 4.69) is 5.32 Å². The Balaban J connectivity index is 1.93. The lowest BCUT2D eigenvalue weighted by Gasteiger charge is -2.07. The van der Waals surface area contributed by atoms with Crippen LogP contribution in [-0.4, -0.2) is 11.9 Å². The van der Waals surface area contributed by atoms with Crippen molar-refractivity contribution in [1.29, 1.82) is 0 Å². The molecule has 2 aromatic carbocycles. The van der Waals surface area contributed by atoms with Crippen molar-refractivity contribution in [2.24, 2.45) is 0 Å². The first kappa shape index (κ1) is 18.0. The van der Waals surface area contributed by atoms with E-state index in [1.54, 1.807) is 12.1 Å². The third-order valence-electron chi connectivity index (χ3n) is 3.39. The number of fused-ring (bicyclic) bond motifs is 1. The standard InChI is InChI=1S/C18H11Cl2NO5/c1-9(22)25-12-4-2-10-6-15(18(24)26-16(10)8-12)21-17(23)13-5-3-11(19)7-14(13)20/h2-8H,1H3,(H,21,23). The summed E-state index contributed by atoms with van der Waals surface area (Å²) in [5.74, 6) is -0.817. The van der Waals surface area contributed by atoms with E-state index in [1.165, 1.54) is 37.3 Å². The predicted octanol–water partition coefficient (Wildman–Crippen LogP) is 4.28. The van der Waals surface area contributed by atoms with Gasteiger partial charge in [0.05, 0.1) is 10.6 Å². The number of nitrogens with one attached hydrogen (secondary N) is 1. The SMILES string of the molecule is CC(=O)Oc1ccc2cc(NC(=O)c3ccc(Cl)cc3Cl)c(=O)oc2c1. The van der Waals surface area contributed by atoms with E-state index in [-0.39, 0.29) is 27.6 Å². The van der Waals surface area contributed by atoms with E-state index in [1.807, 2.05) is 0 Å². The highest BCUT2D eigenvalue weighted by atomic mass is 35.5. The topological polar surface area (TPSA) is 85.6 Å². The van der Waals surface area contributed by atoms with Gasteiger partial charge in [0, 0.05) is 23.4 Å². The number of halogens is 2. The van der Waals surface area contributed by atoms with Crippen molar-refractivity contribution in [3.8, 4) is 5.75 Å². The van der Waals surface area contributed by atoms with Crippen LogP contribution in [0.15, 0.2) is 51.7 Å². The predicted molar refractivity (Wildman–Crippen MR) is 98.2 cm³/mol. The first-order valence-corrected chi connectivity index (χ1v) is 8.12. The molecule has 0 unspecified atom stereocenters. The minimum atomic E-state index is -0.754. The molecule has 3 aromatic rings. The van der Waals surface area contributed by atoms with E-state index < -0.39 is 17.5 Å². The average Bonchev–Trinajstić information content (AvgIpc) is 2.55. The largest absolute Gasteiger partial charge is 0.427 e. The zero-order valence-corrected chi connectivity index (χ0v) is 14.9. The van der Waals surface area contributed by atoms with Gasteiger partial charge in [0.15, 0.2) is 0 Å². The first-order chi connectivity index (χ1) is 12.3. The second-order valence-corrected chi connectivity index (χ2v) is 6.16. The summed E-state index contributed by atoms with van der Waals surface area (Å²) in [4.78, 5) is 35.5. The lowest BCUT2D eigenvalue weighted by atomic mass is 10.2. The summed E-state index contributed by atoms with van der Waals surface area (Å²) in [7, 11) is 0. The minimum absolute atomic E-state index is 0.0475. The molecule has 132 valence electrons. The molecule has 0 spiro atoms. The van der Waals surface area contributed by atoms with Crippen LogP contribution in [0.25, 0.3) is 11.0 Å². The lowest BCUT2D eigenvalue weighted by molar-refractivity contribution is -0.131. The van der Waals surface area contributed by atoms with Crippen molar-refractivity contribution in [3.05, 3.63) is 68.5 Å². The number of hydrogen-bond acceptors (Lipinski definition) is 5. The van der Waals surface area contributed by atoms with Crippen molar-refractivity contribution in [2.45, 2.75) is 6.92 Å². The minimum Gasteiger partial charge on any atom is -0.427 e. The molecule has 0 aliphatic rings. The van der Waals surface area contributed by atoms with E-state index in [0.29, 0.717) is 10.4 Å². The fraction of sp³-hybridized carbons (Fsp3) is 0.0556. The summed E-state index contributed by atoms with van der Waals surface area (Å²) < 4.78 is 10.1. The van der Waals surface area contributed by atoms with Crippen LogP contribution in [0.2, 0.25) is 10.0 Å². The normalized spacial score (nSPS) is 10.6. The van der Waals surface area contributed by atoms with E-state index in [0.717, 1.165) is 0 Å². The molecule has 0 aliphatic heterocycles. The summed E-state index contributed by atoms with van der Waals surface area (Å²) in [6, 6.07) is 10.4.